The highest BCUT2D eigenvalue weighted by atomic mass is 35.5. The van der Waals surface area contributed by atoms with E-state index in [1.54, 1.807) is 13.2 Å². The van der Waals surface area contributed by atoms with Crippen LogP contribution in [-0.2, 0) is 6.54 Å². The lowest BCUT2D eigenvalue weighted by Gasteiger charge is -2.11. The van der Waals surface area contributed by atoms with E-state index in [1.165, 1.54) is 0 Å². The second-order valence-corrected chi connectivity index (χ2v) is 4.10. The Morgan fingerprint density at radius 2 is 2.00 bits per heavy atom. The van der Waals surface area contributed by atoms with Crippen LogP contribution in [0.15, 0.2) is 12.1 Å². The van der Waals surface area contributed by atoms with Crippen molar-refractivity contribution in [2.75, 3.05) is 13.7 Å². The van der Waals surface area contributed by atoms with E-state index >= 15 is 0 Å². The molecule has 0 bridgehead atoms. The summed E-state index contributed by atoms with van der Waals surface area (Å²) in [6.07, 6.45) is 1.09. The molecule has 1 rings (SSSR count). The molecule has 0 spiro atoms. The SMILES string of the molecule is CCCNCc1cc(Cl)cc(Cl)c1OC.Cl. The van der Waals surface area contributed by atoms with Gasteiger partial charge in [0.25, 0.3) is 0 Å². The van der Waals surface area contributed by atoms with Crippen molar-refractivity contribution in [2.24, 2.45) is 0 Å². The third kappa shape index (κ3) is 4.38. The van der Waals surface area contributed by atoms with Crippen molar-refractivity contribution in [3.8, 4) is 5.75 Å². The molecule has 92 valence electrons. The fourth-order valence-corrected chi connectivity index (χ4v) is 1.99. The van der Waals surface area contributed by atoms with Crippen LogP contribution in [0.5, 0.6) is 5.75 Å². The first-order chi connectivity index (χ1) is 7.19. The molecule has 1 N–H and O–H groups in total. The van der Waals surface area contributed by atoms with Gasteiger partial charge in [-0.15, -0.1) is 12.4 Å². The molecule has 0 radical (unpaired) electrons. The van der Waals surface area contributed by atoms with E-state index in [0.29, 0.717) is 15.8 Å². The summed E-state index contributed by atoms with van der Waals surface area (Å²) >= 11 is 11.9. The van der Waals surface area contributed by atoms with Crippen LogP contribution < -0.4 is 10.1 Å². The molecule has 0 saturated heterocycles. The lowest BCUT2D eigenvalue weighted by molar-refractivity contribution is 0.408. The molecule has 5 heteroatoms. The first kappa shape index (κ1) is 15.9. The maximum Gasteiger partial charge on any atom is 0.142 e. The topological polar surface area (TPSA) is 21.3 Å². The molecule has 0 aliphatic heterocycles. The van der Waals surface area contributed by atoms with Crippen molar-refractivity contribution < 1.29 is 4.74 Å². The molecule has 1 aromatic rings. The second kappa shape index (κ2) is 8.02. The average Bonchev–Trinajstić information content (AvgIpc) is 2.17. The van der Waals surface area contributed by atoms with Gasteiger partial charge in [-0.3, -0.25) is 0 Å². The number of halogens is 3. The number of hydrogen-bond donors (Lipinski definition) is 1. The van der Waals surface area contributed by atoms with Crippen molar-refractivity contribution in [2.45, 2.75) is 19.9 Å². The van der Waals surface area contributed by atoms with E-state index in [9.17, 15) is 0 Å². The standard InChI is InChI=1S/C11H15Cl2NO.ClH/c1-3-4-14-7-8-5-9(12)6-10(13)11(8)15-2;/h5-6,14H,3-4,7H2,1-2H3;1H. The van der Waals surface area contributed by atoms with E-state index in [0.717, 1.165) is 25.1 Å². The molecule has 0 atom stereocenters. The number of rotatable bonds is 5. The number of hydrogen-bond acceptors (Lipinski definition) is 2. The van der Waals surface area contributed by atoms with Gasteiger partial charge in [-0.2, -0.15) is 0 Å². The summed E-state index contributed by atoms with van der Waals surface area (Å²) in [7, 11) is 1.61. The van der Waals surface area contributed by atoms with Crippen LogP contribution in [0.3, 0.4) is 0 Å². The summed E-state index contributed by atoms with van der Waals surface area (Å²) in [5.74, 6) is 0.699. The van der Waals surface area contributed by atoms with Gasteiger partial charge in [-0.25, -0.2) is 0 Å². The minimum atomic E-state index is 0. The van der Waals surface area contributed by atoms with Gasteiger partial charge in [0, 0.05) is 17.1 Å². The smallest absolute Gasteiger partial charge is 0.142 e. The van der Waals surface area contributed by atoms with Crippen molar-refractivity contribution >= 4 is 35.6 Å². The van der Waals surface area contributed by atoms with Crippen molar-refractivity contribution in [3.63, 3.8) is 0 Å². The monoisotopic (exact) mass is 283 g/mol. The van der Waals surface area contributed by atoms with Crippen LogP contribution in [0.1, 0.15) is 18.9 Å². The summed E-state index contributed by atoms with van der Waals surface area (Å²) in [5, 5.41) is 4.47. The fraction of sp³-hybridized carbons (Fsp3) is 0.455. The average molecular weight is 285 g/mol. The Kier molecular flexibility index (Phi) is 7.94. The molecule has 0 fully saturated rings. The third-order valence-electron chi connectivity index (χ3n) is 2.03. The van der Waals surface area contributed by atoms with Gasteiger partial charge in [-0.1, -0.05) is 30.1 Å². The van der Waals surface area contributed by atoms with E-state index in [4.69, 9.17) is 27.9 Å². The van der Waals surface area contributed by atoms with E-state index in [-0.39, 0.29) is 12.4 Å². The molecule has 0 aromatic heterocycles. The molecule has 0 heterocycles. The Morgan fingerprint density at radius 3 is 2.56 bits per heavy atom. The van der Waals surface area contributed by atoms with Gasteiger partial charge in [0.2, 0.25) is 0 Å². The molecule has 0 saturated carbocycles. The van der Waals surface area contributed by atoms with Crippen LogP contribution in [-0.4, -0.2) is 13.7 Å². The Morgan fingerprint density at radius 1 is 1.31 bits per heavy atom. The zero-order valence-electron chi connectivity index (χ0n) is 9.35. The lowest BCUT2D eigenvalue weighted by atomic mass is 10.2. The summed E-state index contributed by atoms with van der Waals surface area (Å²) in [4.78, 5) is 0. The fourth-order valence-electron chi connectivity index (χ4n) is 1.37. The molecule has 16 heavy (non-hydrogen) atoms. The number of benzene rings is 1. The Balaban J connectivity index is 0.00000225. The maximum absolute atomic E-state index is 6.01. The zero-order chi connectivity index (χ0) is 11.3. The second-order valence-electron chi connectivity index (χ2n) is 3.26. The molecular weight excluding hydrogens is 268 g/mol. The minimum absolute atomic E-state index is 0. The Bertz CT molecular complexity index is 331. The quantitative estimate of drug-likeness (QED) is 0.827. The third-order valence-corrected chi connectivity index (χ3v) is 2.53. The first-order valence-corrected chi connectivity index (χ1v) is 5.67. The van der Waals surface area contributed by atoms with Crippen molar-refractivity contribution in [1.82, 2.24) is 5.32 Å². The Hall–Kier alpha value is -0.150. The molecule has 0 amide bonds. The van der Waals surface area contributed by atoms with Crippen LogP contribution in [0.4, 0.5) is 0 Å². The van der Waals surface area contributed by atoms with E-state index < -0.39 is 0 Å². The van der Waals surface area contributed by atoms with Crippen LogP contribution in [0.25, 0.3) is 0 Å². The number of methoxy groups -OCH3 is 1. The predicted octanol–water partition coefficient (Wildman–Crippen LogP) is 3.92. The summed E-state index contributed by atoms with van der Waals surface area (Å²) in [5.41, 5.74) is 0.989. The van der Waals surface area contributed by atoms with Gasteiger partial charge in [0.1, 0.15) is 5.75 Å². The molecule has 2 nitrogen and oxygen atoms in total. The zero-order valence-corrected chi connectivity index (χ0v) is 11.7. The first-order valence-electron chi connectivity index (χ1n) is 4.91. The largest absolute Gasteiger partial charge is 0.495 e. The highest BCUT2D eigenvalue weighted by Gasteiger charge is 2.08. The van der Waals surface area contributed by atoms with Gasteiger partial charge < -0.3 is 10.1 Å². The maximum atomic E-state index is 6.01. The highest BCUT2D eigenvalue weighted by molar-refractivity contribution is 6.35. The normalized spacial score (nSPS) is 9.75. The molecular formula is C11H16Cl3NO. The highest BCUT2D eigenvalue weighted by Crippen LogP contribution is 2.31. The summed E-state index contributed by atoms with van der Waals surface area (Å²) < 4.78 is 5.23. The van der Waals surface area contributed by atoms with Crippen molar-refractivity contribution in [3.05, 3.63) is 27.7 Å². The van der Waals surface area contributed by atoms with Gasteiger partial charge in [0.05, 0.1) is 12.1 Å². The van der Waals surface area contributed by atoms with E-state index in [2.05, 4.69) is 12.2 Å². The van der Waals surface area contributed by atoms with E-state index in [1.807, 2.05) is 6.07 Å². The predicted molar refractivity (Wildman–Crippen MR) is 72.3 cm³/mol. The van der Waals surface area contributed by atoms with Gasteiger partial charge in [0.15, 0.2) is 0 Å². The molecule has 1 aromatic carbocycles. The van der Waals surface area contributed by atoms with Crippen LogP contribution in [0.2, 0.25) is 10.0 Å². The van der Waals surface area contributed by atoms with Crippen molar-refractivity contribution in [1.29, 1.82) is 0 Å². The number of nitrogens with one attached hydrogen (secondary N) is 1. The summed E-state index contributed by atoms with van der Waals surface area (Å²) in [6, 6.07) is 3.56. The van der Waals surface area contributed by atoms with Gasteiger partial charge in [-0.05, 0) is 25.1 Å². The lowest BCUT2D eigenvalue weighted by Crippen LogP contribution is -2.14. The number of ether oxygens (including phenoxy) is 1. The summed E-state index contributed by atoms with van der Waals surface area (Å²) in [6.45, 7) is 3.81. The van der Waals surface area contributed by atoms with Crippen LogP contribution >= 0.6 is 35.6 Å². The molecule has 0 unspecified atom stereocenters. The van der Waals surface area contributed by atoms with Gasteiger partial charge >= 0.3 is 0 Å². The molecule has 0 aliphatic carbocycles. The molecule has 0 aliphatic rings. The minimum Gasteiger partial charge on any atom is -0.495 e. The van der Waals surface area contributed by atoms with Crippen LogP contribution in [0, 0.1) is 0 Å². The Labute approximate surface area is 113 Å².